The number of carbonyl (C=O) groups is 1. The van der Waals surface area contributed by atoms with Gasteiger partial charge in [0.05, 0.1) is 13.0 Å². The molecule has 0 radical (unpaired) electrons. The predicted molar refractivity (Wildman–Crippen MR) is 73.4 cm³/mol. The van der Waals surface area contributed by atoms with Crippen molar-refractivity contribution >= 4 is 5.97 Å². The van der Waals surface area contributed by atoms with Crippen LogP contribution in [0, 0.1) is 0 Å². The van der Waals surface area contributed by atoms with E-state index in [0.29, 0.717) is 19.4 Å². The second-order valence-corrected chi connectivity index (χ2v) is 5.05. The highest BCUT2D eigenvalue weighted by molar-refractivity contribution is 5.70. The first-order valence-electron chi connectivity index (χ1n) is 7.42. The van der Waals surface area contributed by atoms with Crippen molar-refractivity contribution in [3.63, 3.8) is 0 Å². The molecule has 18 heavy (non-hydrogen) atoms. The van der Waals surface area contributed by atoms with Crippen LogP contribution in [0.1, 0.15) is 78.6 Å². The van der Waals surface area contributed by atoms with Crippen LogP contribution in [0.15, 0.2) is 0 Å². The number of ether oxygens (including phenoxy) is 1. The lowest BCUT2D eigenvalue weighted by molar-refractivity contribution is -0.146. The number of alkyl halides is 1. The first kappa shape index (κ1) is 17.4. The summed E-state index contributed by atoms with van der Waals surface area (Å²) in [6.45, 7) is 6.29. The van der Waals surface area contributed by atoms with Crippen LogP contribution >= 0.6 is 0 Å². The van der Waals surface area contributed by atoms with E-state index >= 15 is 0 Å². The van der Waals surface area contributed by atoms with Crippen molar-refractivity contribution in [1.82, 2.24) is 0 Å². The van der Waals surface area contributed by atoms with Crippen molar-refractivity contribution in [2.45, 2.75) is 84.2 Å². The van der Waals surface area contributed by atoms with Gasteiger partial charge in [-0.15, -0.1) is 0 Å². The quantitative estimate of drug-likeness (QED) is 0.393. The Morgan fingerprint density at radius 2 is 1.50 bits per heavy atom. The molecule has 0 N–H and O–H groups in total. The summed E-state index contributed by atoms with van der Waals surface area (Å²) in [5, 5.41) is 0. The van der Waals surface area contributed by atoms with Gasteiger partial charge in [-0.3, -0.25) is 4.79 Å². The molecule has 0 bridgehead atoms. The second-order valence-electron chi connectivity index (χ2n) is 5.05. The molecular weight excluding hydrogens is 231 g/mol. The Morgan fingerprint density at radius 1 is 1.00 bits per heavy atom. The SMILES string of the molecule is CCCCCC(F)(CCCCC)CC(=O)OCC. The maximum Gasteiger partial charge on any atom is 0.309 e. The van der Waals surface area contributed by atoms with E-state index in [4.69, 9.17) is 4.74 Å². The van der Waals surface area contributed by atoms with E-state index in [1.54, 1.807) is 6.92 Å². The van der Waals surface area contributed by atoms with Crippen LogP contribution in [0.4, 0.5) is 4.39 Å². The van der Waals surface area contributed by atoms with Crippen LogP contribution in [-0.4, -0.2) is 18.2 Å². The number of halogens is 1. The summed E-state index contributed by atoms with van der Waals surface area (Å²) in [5.41, 5.74) is -1.35. The van der Waals surface area contributed by atoms with Crippen molar-refractivity contribution < 1.29 is 13.9 Å². The number of hydrogen-bond acceptors (Lipinski definition) is 2. The molecule has 0 fully saturated rings. The molecule has 0 saturated carbocycles. The molecule has 0 aliphatic heterocycles. The van der Waals surface area contributed by atoms with E-state index in [-0.39, 0.29) is 6.42 Å². The first-order chi connectivity index (χ1) is 8.58. The van der Waals surface area contributed by atoms with E-state index in [9.17, 15) is 9.18 Å². The molecule has 0 saturated heterocycles. The molecule has 108 valence electrons. The number of unbranched alkanes of at least 4 members (excludes halogenated alkanes) is 4. The van der Waals surface area contributed by atoms with Crippen molar-refractivity contribution in [3.05, 3.63) is 0 Å². The molecule has 0 aliphatic carbocycles. The predicted octanol–water partition coefficient (Wildman–Crippen LogP) is 4.81. The highest BCUT2D eigenvalue weighted by Gasteiger charge is 2.32. The van der Waals surface area contributed by atoms with Gasteiger partial charge in [-0.25, -0.2) is 4.39 Å². The Hall–Kier alpha value is -0.600. The summed E-state index contributed by atoms with van der Waals surface area (Å²) < 4.78 is 19.6. The van der Waals surface area contributed by atoms with Crippen molar-refractivity contribution in [1.29, 1.82) is 0 Å². The summed E-state index contributed by atoms with van der Waals surface area (Å²) in [6.07, 6.45) is 6.83. The average molecular weight is 260 g/mol. The van der Waals surface area contributed by atoms with Gasteiger partial charge in [0, 0.05) is 0 Å². The van der Waals surface area contributed by atoms with Gasteiger partial charge in [0.2, 0.25) is 0 Å². The fourth-order valence-corrected chi connectivity index (χ4v) is 2.16. The molecule has 0 rings (SSSR count). The molecule has 0 aromatic rings. The molecule has 0 aromatic carbocycles. The van der Waals surface area contributed by atoms with Crippen LogP contribution in [0.3, 0.4) is 0 Å². The van der Waals surface area contributed by atoms with Crippen LogP contribution in [0.2, 0.25) is 0 Å². The lowest BCUT2D eigenvalue weighted by Crippen LogP contribution is -2.28. The molecule has 0 spiro atoms. The monoisotopic (exact) mass is 260 g/mol. The zero-order valence-electron chi connectivity index (χ0n) is 12.3. The Kier molecular flexibility index (Phi) is 9.99. The molecule has 0 heterocycles. The van der Waals surface area contributed by atoms with Crippen molar-refractivity contribution in [3.8, 4) is 0 Å². The Bertz CT molecular complexity index is 207. The third-order valence-electron chi connectivity index (χ3n) is 3.22. The average Bonchev–Trinajstić information content (AvgIpc) is 2.30. The van der Waals surface area contributed by atoms with E-state index in [2.05, 4.69) is 13.8 Å². The molecule has 0 aromatic heterocycles. The van der Waals surface area contributed by atoms with Gasteiger partial charge in [-0.2, -0.15) is 0 Å². The van der Waals surface area contributed by atoms with Gasteiger partial charge in [-0.05, 0) is 19.8 Å². The van der Waals surface area contributed by atoms with Crippen molar-refractivity contribution in [2.75, 3.05) is 6.61 Å². The Morgan fingerprint density at radius 3 is 1.89 bits per heavy atom. The number of carbonyl (C=O) groups excluding carboxylic acids is 1. The minimum Gasteiger partial charge on any atom is -0.466 e. The maximum atomic E-state index is 14.7. The van der Waals surface area contributed by atoms with Gasteiger partial charge < -0.3 is 4.74 Å². The molecular formula is C15H29FO2. The molecule has 0 atom stereocenters. The summed E-state index contributed by atoms with van der Waals surface area (Å²) in [4.78, 5) is 11.5. The lowest BCUT2D eigenvalue weighted by Gasteiger charge is -2.24. The zero-order valence-corrected chi connectivity index (χ0v) is 12.3. The van der Waals surface area contributed by atoms with E-state index in [0.717, 1.165) is 38.5 Å². The normalized spacial score (nSPS) is 11.6. The van der Waals surface area contributed by atoms with Crippen LogP contribution in [0.25, 0.3) is 0 Å². The van der Waals surface area contributed by atoms with Crippen LogP contribution in [-0.2, 0) is 9.53 Å². The number of esters is 1. The van der Waals surface area contributed by atoms with Crippen LogP contribution < -0.4 is 0 Å². The second kappa shape index (κ2) is 10.3. The van der Waals surface area contributed by atoms with Crippen molar-refractivity contribution in [2.24, 2.45) is 0 Å². The fourth-order valence-electron chi connectivity index (χ4n) is 2.16. The maximum absolute atomic E-state index is 14.7. The van der Waals surface area contributed by atoms with E-state index in [1.807, 2.05) is 0 Å². The van der Waals surface area contributed by atoms with Gasteiger partial charge in [-0.1, -0.05) is 52.4 Å². The van der Waals surface area contributed by atoms with Gasteiger partial charge >= 0.3 is 5.97 Å². The standard InChI is InChI=1S/C15H29FO2/c1-4-7-9-11-15(16,12-10-8-5-2)13-14(17)18-6-3/h4-13H2,1-3H3. The summed E-state index contributed by atoms with van der Waals surface area (Å²) >= 11 is 0. The zero-order chi connectivity index (χ0) is 13.9. The number of rotatable bonds is 11. The fraction of sp³-hybridized carbons (Fsp3) is 0.933. The van der Waals surface area contributed by atoms with E-state index < -0.39 is 11.6 Å². The smallest absolute Gasteiger partial charge is 0.309 e. The lowest BCUT2D eigenvalue weighted by atomic mass is 9.89. The summed E-state index contributed by atoms with van der Waals surface area (Å²) in [7, 11) is 0. The topological polar surface area (TPSA) is 26.3 Å². The summed E-state index contributed by atoms with van der Waals surface area (Å²) in [6, 6.07) is 0. The van der Waals surface area contributed by atoms with Crippen LogP contribution in [0.5, 0.6) is 0 Å². The van der Waals surface area contributed by atoms with Gasteiger partial charge in [0.1, 0.15) is 5.67 Å². The molecule has 0 amide bonds. The highest BCUT2D eigenvalue weighted by Crippen LogP contribution is 2.30. The van der Waals surface area contributed by atoms with Gasteiger partial charge in [0.15, 0.2) is 0 Å². The molecule has 2 nitrogen and oxygen atoms in total. The Labute approximate surface area is 111 Å². The van der Waals surface area contributed by atoms with E-state index in [1.165, 1.54) is 0 Å². The first-order valence-corrected chi connectivity index (χ1v) is 7.42. The minimum absolute atomic E-state index is 0.0751. The third-order valence-corrected chi connectivity index (χ3v) is 3.22. The minimum atomic E-state index is -1.35. The highest BCUT2D eigenvalue weighted by atomic mass is 19.1. The Balaban J connectivity index is 4.23. The molecule has 0 unspecified atom stereocenters. The number of hydrogen-bond donors (Lipinski definition) is 0. The van der Waals surface area contributed by atoms with Gasteiger partial charge in [0.25, 0.3) is 0 Å². The largest absolute Gasteiger partial charge is 0.466 e. The molecule has 3 heteroatoms. The third kappa shape index (κ3) is 8.48. The summed E-state index contributed by atoms with van der Waals surface area (Å²) in [5.74, 6) is -0.395. The molecule has 0 aliphatic rings.